The maximum Gasteiger partial charge on any atom is 0.171 e. The molecule has 6 heavy (non-hydrogen) atoms. The van der Waals surface area contributed by atoms with Gasteiger partial charge in [-0.05, 0) is 17.8 Å². The minimum atomic E-state index is 0.463. The summed E-state index contributed by atoms with van der Waals surface area (Å²) < 4.78 is 5.12. The monoisotopic (exact) mass is 98.0 g/mol. The summed E-state index contributed by atoms with van der Waals surface area (Å²) in [7, 11) is 0. The third-order valence-electron chi connectivity index (χ3n) is 0.965. The van der Waals surface area contributed by atoms with Gasteiger partial charge >= 0.3 is 0 Å². The smallest absolute Gasteiger partial charge is 0.171 e. The first-order valence-corrected chi connectivity index (χ1v) is 2.93. The van der Waals surface area contributed by atoms with Crippen molar-refractivity contribution in [2.24, 2.45) is 0 Å². The van der Waals surface area contributed by atoms with Crippen LogP contribution in [0.25, 0.3) is 0 Å². The first kappa shape index (κ1) is 4.65. The average molecular weight is 98.1 g/mol. The lowest BCUT2D eigenvalue weighted by Crippen LogP contribution is -2.01. The van der Waals surface area contributed by atoms with Crippen molar-refractivity contribution in [3.63, 3.8) is 0 Å². The van der Waals surface area contributed by atoms with Gasteiger partial charge in [-0.15, -0.1) is 0 Å². The van der Waals surface area contributed by atoms with Crippen molar-refractivity contribution in [1.29, 1.82) is 0 Å². The number of ether oxygens (including phenoxy) is 1. The van der Waals surface area contributed by atoms with E-state index in [1.54, 1.807) is 0 Å². The van der Waals surface area contributed by atoms with E-state index < -0.39 is 0 Å². The van der Waals surface area contributed by atoms with E-state index in [0.29, 0.717) is 4.97 Å². The first-order valence-electron chi connectivity index (χ1n) is 2.27. The van der Waals surface area contributed by atoms with Crippen LogP contribution >= 0.6 is 0 Å². The molecular weight excluding hydrogens is 91.0 g/mol. The van der Waals surface area contributed by atoms with Gasteiger partial charge in [0.15, 0.2) is 16.3 Å². The Balaban J connectivity index is 2.18. The van der Waals surface area contributed by atoms with E-state index in [1.807, 2.05) is 0 Å². The fraction of sp³-hybridized carbons (Fsp3) is 1.00. The van der Waals surface area contributed by atoms with Gasteiger partial charge in [-0.25, -0.2) is 0 Å². The molecule has 0 aromatic heterocycles. The van der Waals surface area contributed by atoms with E-state index in [4.69, 9.17) is 4.74 Å². The molecule has 1 nitrogen and oxygen atoms in total. The molecule has 0 bridgehead atoms. The van der Waals surface area contributed by atoms with E-state index in [0.717, 1.165) is 6.61 Å². The number of rotatable bonds is 0. The molecule has 0 N–H and O–H groups in total. The highest BCUT2D eigenvalue weighted by atomic mass is 27.0. The summed E-state index contributed by atoms with van der Waals surface area (Å²) in [4.78, 5) is 0.463. The van der Waals surface area contributed by atoms with E-state index >= 15 is 0 Å². The fourth-order valence-corrected chi connectivity index (χ4v) is 0.974. The zero-order valence-electron chi connectivity index (χ0n) is 3.68. The molecule has 1 atom stereocenters. The van der Waals surface area contributed by atoms with Crippen LogP contribution in [0.15, 0.2) is 0 Å². The van der Waals surface area contributed by atoms with Crippen LogP contribution in [0.5, 0.6) is 0 Å². The molecule has 32 valence electrons. The molecule has 0 aromatic rings. The molecule has 0 aliphatic carbocycles. The molecule has 1 aliphatic heterocycles. The molecule has 0 amide bonds. The third-order valence-corrected chi connectivity index (χ3v) is 1.49. The zero-order chi connectivity index (χ0) is 4.41. The van der Waals surface area contributed by atoms with Gasteiger partial charge in [0.05, 0.1) is 0 Å². The Morgan fingerprint density at radius 3 is 2.67 bits per heavy atom. The molecule has 1 heterocycles. The predicted molar refractivity (Wildman–Crippen MR) is 24.7 cm³/mol. The van der Waals surface area contributed by atoms with Gasteiger partial charge in [0, 0.05) is 6.61 Å². The lowest BCUT2D eigenvalue weighted by atomic mass is 10.4. The molecule has 0 saturated carbocycles. The van der Waals surface area contributed by atoms with Gasteiger partial charge in [-0.1, -0.05) is 0 Å². The summed E-state index contributed by atoms with van der Waals surface area (Å²) in [5.41, 5.74) is 0. The Morgan fingerprint density at radius 1 is 1.67 bits per heavy atom. The second-order valence-corrected chi connectivity index (χ2v) is 2.30. The second kappa shape index (κ2) is 1.97. The summed E-state index contributed by atoms with van der Waals surface area (Å²) in [5.74, 6) is 0. The molecule has 0 spiro atoms. The topological polar surface area (TPSA) is 9.23 Å². The molecule has 1 rings (SSSR count). The molecule has 2 radical (unpaired) electrons. The van der Waals surface area contributed by atoms with Crippen molar-refractivity contribution in [2.45, 2.75) is 17.8 Å². The van der Waals surface area contributed by atoms with E-state index in [2.05, 4.69) is 16.3 Å². The fourth-order valence-electron chi connectivity index (χ4n) is 0.603. The molecule has 1 aliphatic rings. The Labute approximate surface area is 46.1 Å². The van der Waals surface area contributed by atoms with Gasteiger partial charge in [0.25, 0.3) is 0 Å². The molecule has 1 saturated heterocycles. The largest absolute Gasteiger partial charge is 0.396 e. The van der Waals surface area contributed by atoms with Crippen molar-refractivity contribution in [3.05, 3.63) is 0 Å². The van der Waals surface area contributed by atoms with Gasteiger partial charge in [-0.3, -0.25) is 0 Å². The lowest BCUT2D eigenvalue weighted by Gasteiger charge is -1.96. The Hall–Kier alpha value is 0.492. The van der Waals surface area contributed by atoms with Crippen LogP contribution in [0, 0.1) is 0 Å². The van der Waals surface area contributed by atoms with Crippen molar-refractivity contribution >= 4 is 16.3 Å². The normalized spacial score (nSPS) is 34.3. The lowest BCUT2D eigenvalue weighted by molar-refractivity contribution is 0.168. The first-order chi connectivity index (χ1) is 2.89. The van der Waals surface area contributed by atoms with E-state index in [1.165, 1.54) is 12.8 Å². The van der Waals surface area contributed by atoms with E-state index in [9.17, 15) is 0 Å². The second-order valence-electron chi connectivity index (χ2n) is 1.55. The molecule has 1 fully saturated rings. The summed E-state index contributed by atoms with van der Waals surface area (Å²) in [6.45, 7) is 0.966. The van der Waals surface area contributed by atoms with Crippen LogP contribution in [-0.4, -0.2) is 27.9 Å². The summed E-state index contributed by atoms with van der Waals surface area (Å²) >= 11 is 2.65. The Morgan fingerprint density at radius 2 is 2.50 bits per heavy atom. The van der Waals surface area contributed by atoms with Crippen LogP contribution < -0.4 is 0 Å². The van der Waals surface area contributed by atoms with Crippen LogP contribution in [0.1, 0.15) is 12.8 Å². The van der Waals surface area contributed by atoms with Crippen molar-refractivity contribution < 1.29 is 4.74 Å². The summed E-state index contributed by atoms with van der Waals surface area (Å²) in [5, 5.41) is 0. The summed E-state index contributed by atoms with van der Waals surface area (Å²) in [6, 6.07) is 0. The number of hydrogen-bond acceptors (Lipinski definition) is 1. The average Bonchev–Trinajstić information content (AvgIpc) is 1.86. The van der Waals surface area contributed by atoms with Crippen LogP contribution in [0.3, 0.4) is 0 Å². The highest BCUT2D eigenvalue weighted by Gasteiger charge is 2.06. The maximum absolute atomic E-state index is 5.12. The van der Waals surface area contributed by atoms with Crippen LogP contribution in [0.2, 0.25) is 0 Å². The van der Waals surface area contributed by atoms with Gasteiger partial charge < -0.3 is 4.74 Å². The Bertz CT molecular complexity index is 40.8. The zero-order valence-corrected chi connectivity index (χ0v) is 4.84. The van der Waals surface area contributed by atoms with Crippen LogP contribution in [-0.2, 0) is 4.74 Å². The van der Waals surface area contributed by atoms with Crippen molar-refractivity contribution in [3.8, 4) is 0 Å². The van der Waals surface area contributed by atoms with Gasteiger partial charge in [0.2, 0.25) is 0 Å². The molecule has 0 aromatic carbocycles. The number of hydrogen-bond donors (Lipinski definition) is 0. The Kier molecular flexibility index (Phi) is 1.53. The van der Waals surface area contributed by atoms with Gasteiger partial charge in [-0.2, -0.15) is 0 Å². The van der Waals surface area contributed by atoms with Crippen molar-refractivity contribution in [2.75, 3.05) is 6.61 Å². The molecular formula is C4H7AlO. The van der Waals surface area contributed by atoms with Crippen molar-refractivity contribution in [1.82, 2.24) is 0 Å². The quantitative estimate of drug-likeness (QED) is 0.396. The van der Waals surface area contributed by atoms with Gasteiger partial charge in [0.1, 0.15) is 0 Å². The standard InChI is InChI=1S/C4H7O.Al/c1-2-4-5-3-1;/h3H,1-2,4H2;. The predicted octanol–water partition coefficient (Wildman–Crippen LogP) is 0.291. The minimum absolute atomic E-state index is 0.463. The third kappa shape index (κ3) is 0.976. The highest BCUT2D eigenvalue weighted by molar-refractivity contribution is 6.11. The summed E-state index contributed by atoms with van der Waals surface area (Å²) in [6.07, 6.45) is 2.47. The molecule has 1 unspecified atom stereocenters. The minimum Gasteiger partial charge on any atom is -0.396 e. The van der Waals surface area contributed by atoms with Crippen LogP contribution in [0.4, 0.5) is 0 Å². The SMILES string of the molecule is [Al][CH]1CCCO1. The molecule has 2 heteroatoms. The maximum atomic E-state index is 5.12. The highest BCUT2D eigenvalue weighted by Crippen LogP contribution is 2.06. The van der Waals surface area contributed by atoms with E-state index in [-0.39, 0.29) is 0 Å².